The molecule has 0 aromatic heterocycles. The molecule has 0 N–H and O–H groups in total. The predicted octanol–water partition coefficient (Wildman–Crippen LogP) is 5.70. The Morgan fingerprint density at radius 3 is 2.38 bits per heavy atom. The van der Waals surface area contributed by atoms with Crippen molar-refractivity contribution in [1.29, 1.82) is 0 Å². The third kappa shape index (κ3) is 4.15. The lowest BCUT2D eigenvalue weighted by Crippen LogP contribution is -2.27. The van der Waals surface area contributed by atoms with Crippen LogP contribution in [0.5, 0.6) is 5.75 Å². The number of ether oxygens (including phenoxy) is 1. The number of anilines is 1. The molecule has 0 bridgehead atoms. The fourth-order valence-corrected chi connectivity index (χ4v) is 5.33. The van der Waals surface area contributed by atoms with Crippen LogP contribution in [0.1, 0.15) is 5.56 Å². The Bertz CT molecular complexity index is 889. The first kappa shape index (κ1) is 19.4. The minimum atomic E-state index is -0.303. The van der Waals surface area contributed by atoms with Crippen molar-refractivity contribution >= 4 is 79.9 Å². The second-order valence-electron chi connectivity index (χ2n) is 5.27. The van der Waals surface area contributed by atoms with E-state index in [2.05, 4.69) is 51.8 Å². The number of hydrogen-bond acceptors (Lipinski definition) is 4. The average Bonchev–Trinajstić information content (AvgIpc) is 2.88. The topological polar surface area (TPSA) is 46.6 Å². The molecule has 4 nitrogen and oxygen atoms in total. The average molecular weight is 589 g/mol. The van der Waals surface area contributed by atoms with Gasteiger partial charge in [-0.05, 0) is 92.8 Å². The van der Waals surface area contributed by atoms with Crippen LogP contribution in [0.4, 0.5) is 10.5 Å². The predicted molar refractivity (Wildman–Crippen MR) is 122 cm³/mol. The highest BCUT2D eigenvalue weighted by molar-refractivity contribution is 14.1. The van der Waals surface area contributed by atoms with Crippen LogP contribution in [0.15, 0.2) is 60.0 Å². The molecule has 3 rings (SSSR count). The van der Waals surface area contributed by atoms with Crippen LogP contribution in [0.25, 0.3) is 6.08 Å². The third-order valence-electron chi connectivity index (χ3n) is 3.47. The van der Waals surface area contributed by atoms with Gasteiger partial charge < -0.3 is 4.74 Å². The number of thioether (sulfide) groups is 1. The molecule has 0 saturated carbocycles. The Morgan fingerprint density at radius 2 is 1.77 bits per heavy atom. The lowest BCUT2D eigenvalue weighted by molar-refractivity contribution is -0.113. The van der Waals surface area contributed by atoms with Crippen molar-refractivity contribution < 1.29 is 14.3 Å². The molecule has 2 aromatic carbocycles. The minimum Gasteiger partial charge on any atom is -0.487 e. The second kappa shape index (κ2) is 8.57. The zero-order valence-corrected chi connectivity index (χ0v) is 18.6. The number of carbonyl (C=O) groups is 2. The van der Waals surface area contributed by atoms with Crippen LogP contribution >= 0.6 is 56.9 Å². The van der Waals surface area contributed by atoms with E-state index in [1.807, 2.05) is 18.2 Å². The summed E-state index contributed by atoms with van der Waals surface area (Å²) in [5, 5.41) is -0.289. The van der Waals surface area contributed by atoms with E-state index in [4.69, 9.17) is 4.74 Å². The van der Waals surface area contributed by atoms with Gasteiger partial charge in [-0.25, -0.2) is 4.90 Å². The Kier molecular flexibility index (Phi) is 6.41. The summed E-state index contributed by atoms with van der Waals surface area (Å²) in [5.74, 6) is 0.490. The molecular formula is C19H13I2NO3S. The van der Waals surface area contributed by atoms with Gasteiger partial charge in [0.05, 0.1) is 17.7 Å². The Morgan fingerprint density at radius 1 is 1.12 bits per heavy atom. The summed E-state index contributed by atoms with van der Waals surface area (Å²) in [7, 11) is 0. The molecule has 2 amide bonds. The zero-order valence-electron chi connectivity index (χ0n) is 13.4. The van der Waals surface area contributed by atoms with Gasteiger partial charge in [0.15, 0.2) is 0 Å². The van der Waals surface area contributed by atoms with Gasteiger partial charge in [-0.1, -0.05) is 30.9 Å². The summed E-state index contributed by atoms with van der Waals surface area (Å²) in [4.78, 5) is 26.6. The highest BCUT2D eigenvalue weighted by atomic mass is 127. The van der Waals surface area contributed by atoms with Crippen LogP contribution in [-0.4, -0.2) is 17.8 Å². The van der Waals surface area contributed by atoms with Gasteiger partial charge in [0.2, 0.25) is 0 Å². The van der Waals surface area contributed by atoms with Crippen LogP contribution in [0.3, 0.4) is 0 Å². The van der Waals surface area contributed by atoms with Gasteiger partial charge in [0.25, 0.3) is 11.1 Å². The van der Waals surface area contributed by atoms with E-state index < -0.39 is 0 Å². The van der Waals surface area contributed by atoms with Crippen molar-refractivity contribution in [1.82, 2.24) is 0 Å². The van der Waals surface area contributed by atoms with Crippen LogP contribution in [0, 0.1) is 7.14 Å². The van der Waals surface area contributed by atoms with E-state index in [1.54, 1.807) is 36.4 Å². The van der Waals surface area contributed by atoms with Crippen LogP contribution < -0.4 is 9.64 Å². The monoisotopic (exact) mass is 589 g/mol. The Hall–Kier alpha value is -1.33. The largest absolute Gasteiger partial charge is 0.487 e. The molecule has 1 aliphatic rings. The van der Waals surface area contributed by atoms with Crippen molar-refractivity contribution in [2.24, 2.45) is 0 Å². The standard InChI is InChI=1S/C19H13I2NO3S/c1-2-8-25-17-14(20)9-12(10-15(17)21)11-16-18(23)22(19(24)26-16)13-6-4-3-5-7-13/h2-7,9-11H,1,8H2. The highest BCUT2D eigenvalue weighted by Crippen LogP contribution is 2.37. The van der Waals surface area contributed by atoms with Gasteiger partial charge >= 0.3 is 0 Å². The molecule has 1 aliphatic heterocycles. The van der Waals surface area contributed by atoms with Gasteiger partial charge in [0, 0.05) is 0 Å². The molecule has 132 valence electrons. The van der Waals surface area contributed by atoms with Gasteiger partial charge in [-0.2, -0.15) is 0 Å². The SMILES string of the molecule is C=CCOc1c(I)cc(C=C2SC(=O)N(c3ccccc3)C2=O)cc1I. The Balaban J connectivity index is 1.90. The summed E-state index contributed by atoms with van der Waals surface area (Å²) < 4.78 is 7.54. The number of carbonyl (C=O) groups excluding carboxylic acids is 2. The first-order chi connectivity index (χ1) is 12.5. The molecule has 1 heterocycles. The highest BCUT2D eigenvalue weighted by Gasteiger charge is 2.36. The molecule has 0 spiro atoms. The Labute approximate surface area is 183 Å². The van der Waals surface area contributed by atoms with Gasteiger partial charge in [0.1, 0.15) is 12.4 Å². The summed E-state index contributed by atoms with van der Waals surface area (Å²) in [6.45, 7) is 4.08. The number of rotatable bonds is 5. The number of hydrogen-bond donors (Lipinski definition) is 0. The lowest BCUT2D eigenvalue weighted by Gasteiger charge is -2.12. The quantitative estimate of drug-likeness (QED) is 0.255. The summed E-state index contributed by atoms with van der Waals surface area (Å²) in [5.41, 5.74) is 1.43. The number of benzene rings is 2. The van der Waals surface area contributed by atoms with E-state index >= 15 is 0 Å². The summed E-state index contributed by atoms with van der Waals surface area (Å²) in [6.07, 6.45) is 3.44. The molecule has 2 aromatic rings. The molecule has 0 atom stereocenters. The summed E-state index contributed by atoms with van der Waals surface area (Å²) in [6, 6.07) is 12.8. The molecular weight excluding hydrogens is 576 g/mol. The molecule has 0 radical (unpaired) electrons. The van der Waals surface area contributed by atoms with E-state index in [-0.39, 0.29) is 11.1 Å². The first-order valence-corrected chi connectivity index (χ1v) is 10.5. The molecule has 26 heavy (non-hydrogen) atoms. The molecule has 7 heteroatoms. The fraction of sp³-hybridized carbons (Fsp3) is 0.0526. The van der Waals surface area contributed by atoms with E-state index in [0.29, 0.717) is 17.2 Å². The van der Waals surface area contributed by atoms with Crippen LogP contribution in [-0.2, 0) is 4.79 Å². The maximum atomic E-state index is 12.7. The lowest BCUT2D eigenvalue weighted by atomic mass is 10.2. The molecule has 1 fully saturated rings. The fourth-order valence-electron chi connectivity index (χ4n) is 2.36. The smallest absolute Gasteiger partial charge is 0.298 e. The minimum absolute atomic E-state index is 0.289. The zero-order chi connectivity index (χ0) is 18.7. The van der Waals surface area contributed by atoms with Crippen LogP contribution in [0.2, 0.25) is 0 Å². The third-order valence-corrected chi connectivity index (χ3v) is 5.94. The number of halogens is 2. The van der Waals surface area contributed by atoms with E-state index in [0.717, 1.165) is 30.2 Å². The van der Waals surface area contributed by atoms with Crippen molar-refractivity contribution in [2.75, 3.05) is 11.5 Å². The van der Waals surface area contributed by atoms with Gasteiger partial charge in [-0.15, -0.1) is 0 Å². The van der Waals surface area contributed by atoms with E-state index in [1.165, 1.54) is 4.90 Å². The normalized spacial score (nSPS) is 15.6. The number of amides is 2. The van der Waals surface area contributed by atoms with Crippen molar-refractivity contribution in [3.63, 3.8) is 0 Å². The molecule has 1 saturated heterocycles. The number of nitrogens with zero attached hydrogens (tertiary/aromatic N) is 1. The number of para-hydroxylation sites is 1. The maximum Gasteiger partial charge on any atom is 0.298 e. The van der Waals surface area contributed by atoms with Crippen molar-refractivity contribution in [3.8, 4) is 5.75 Å². The summed E-state index contributed by atoms with van der Waals surface area (Å²) >= 11 is 5.35. The molecule has 0 aliphatic carbocycles. The number of imide groups is 1. The van der Waals surface area contributed by atoms with Crippen molar-refractivity contribution in [3.05, 3.63) is 72.7 Å². The van der Waals surface area contributed by atoms with E-state index in [9.17, 15) is 9.59 Å². The first-order valence-electron chi connectivity index (χ1n) is 7.57. The second-order valence-corrected chi connectivity index (χ2v) is 8.58. The van der Waals surface area contributed by atoms with Crippen molar-refractivity contribution in [2.45, 2.75) is 0 Å². The maximum absolute atomic E-state index is 12.7. The van der Waals surface area contributed by atoms with Gasteiger partial charge in [-0.3, -0.25) is 9.59 Å². The molecule has 0 unspecified atom stereocenters.